The Morgan fingerprint density at radius 3 is 2.81 bits per heavy atom. The molecule has 0 aromatic carbocycles. The van der Waals surface area contributed by atoms with Crippen LogP contribution in [0.25, 0.3) is 0 Å². The van der Waals surface area contributed by atoms with Crippen molar-refractivity contribution in [3.8, 4) is 0 Å². The highest BCUT2D eigenvalue weighted by Gasteiger charge is 2.32. The first kappa shape index (κ1) is 13.1. The molecule has 16 heavy (non-hydrogen) atoms. The number of carboxylic acids is 1. The van der Waals surface area contributed by atoms with Gasteiger partial charge in [-0.3, -0.25) is 4.79 Å². The second-order valence-electron chi connectivity index (χ2n) is 4.14. The summed E-state index contributed by atoms with van der Waals surface area (Å²) < 4.78 is 4.49. The first-order chi connectivity index (χ1) is 7.33. The molecule has 1 atom stereocenters. The van der Waals surface area contributed by atoms with Gasteiger partial charge in [-0.1, -0.05) is 5.16 Å². The van der Waals surface area contributed by atoms with Gasteiger partial charge >= 0.3 is 5.97 Å². The van der Waals surface area contributed by atoms with Gasteiger partial charge in [0.25, 0.3) is 0 Å². The number of carboxylic acid groups (broad SMARTS) is 1. The molecule has 0 spiro atoms. The minimum absolute atomic E-state index is 0.549. The minimum atomic E-state index is -0.994. The van der Waals surface area contributed by atoms with Crippen LogP contribution in [0.4, 0.5) is 0 Å². The van der Waals surface area contributed by atoms with Crippen molar-refractivity contribution < 1.29 is 14.4 Å². The molecule has 1 aromatic heterocycles. The van der Waals surface area contributed by atoms with Crippen molar-refractivity contribution in [3.63, 3.8) is 0 Å². The summed E-state index contributed by atoms with van der Waals surface area (Å²) in [5, 5.41) is 12.6. The molecule has 0 aliphatic heterocycles. The lowest BCUT2D eigenvalue weighted by Gasteiger charge is -2.27. The fourth-order valence-corrected chi connectivity index (χ4v) is 2.06. The van der Waals surface area contributed by atoms with Crippen LogP contribution in [0.15, 0.2) is 10.6 Å². The molecule has 0 radical (unpaired) electrons. The summed E-state index contributed by atoms with van der Waals surface area (Å²) in [5.74, 6) is 0.300. The predicted molar refractivity (Wildman–Crippen MR) is 62.2 cm³/mol. The third-order valence-corrected chi connectivity index (χ3v) is 3.71. The zero-order valence-electron chi connectivity index (χ0n) is 9.56. The highest BCUT2D eigenvalue weighted by atomic mass is 32.2. The molecule has 0 aliphatic carbocycles. The van der Waals surface area contributed by atoms with Crippen molar-refractivity contribution in [1.29, 1.82) is 0 Å². The molecule has 0 saturated carbocycles. The topological polar surface area (TPSA) is 89.4 Å². The standard InChI is InChI=1S/C10H16N2O3S/c1-6-4-7(15-12-6)5-16-10(2,3)8(11)9(13)14/h4,8H,5,11H2,1-3H3,(H,13,14)/t8-/m0/s1. The Balaban J connectivity index is 2.57. The number of nitrogens with two attached hydrogens (primary N) is 1. The van der Waals surface area contributed by atoms with E-state index >= 15 is 0 Å². The quantitative estimate of drug-likeness (QED) is 0.814. The molecule has 6 heteroatoms. The number of aliphatic carboxylic acids is 1. The molecule has 1 aromatic rings. The maximum atomic E-state index is 10.8. The first-order valence-electron chi connectivity index (χ1n) is 4.87. The Labute approximate surface area is 98.4 Å². The summed E-state index contributed by atoms with van der Waals surface area (Å²) >= 11 is 1.44. The van der Waals surface area contributed by atoms with E-state index in [2.05, 4.69) is 5.16 Å². The van der Waals surface area contributed by atoms with Gasteiger partial charge in [0.1, 0.15) is 11.8 Å². The van der Waals surface area contributed by atoms with E-state index in [9.17, 15) is 4.79 Å². The highest BCUT2D eigenvalue weighted by Crippen LogP contribution is 2.30. The molecule has 3 N–H and O–H groups in total. The fourth-order valence-electron chi connectivity index (χ4n) is 1.13. The minimum Gasteiger partial charge on any atom is -0.480 e. The molecular formula is C10H16N2O3S. The van der Waals surface area contributed by atoms with E-state index in [0.717, 1.165) is 11.5 Å². The SMILES string of the molecule is Cc1cc(CSC(C)(C)[C@@H](N)C(=O)O)on1. The van der Waals surface area contributed by atoms with E-state index in [1.54, 1.807) is 13.8 Å². The van der Waals surface area contributed by atoms with Gasteiger partial charge in [-0.25, -0.2) is 0 Å². The normalized spacial score (nSPS) is 13.8. The van der Waals surface area contributed by atoms with Crippen molar-refractivity contribution in [3.05, 3.63) is 17.5 Å². The predicted octanol–water partition coefficient (Wildman–Crippen LogP) is 1.41. The Morgan fingerprint density at radius 1 is 1.75 bits per heavy atom. The van der Waals surface area contributed by atoms with Gasteiger partial charge in [-0.15, -0.1) is 11.8 Å². The summed E-state index contributed by atoms with van der Waals surface area (Å²) in [6.45, 7) is 5.45. The van der Waals surface area contributed by atoms with E-state index in [0.29, 0.717) is 5.75 Å². The summed E-state index contributed by atoms with van der Waals surface area (Å²) in [4.78, 5) is 10.8. The van der Waals surface area contributed by atoms with Crippen LogP contribution in [-0.2, 0) is 10.5 Å². The smallest absolute Gasteiger partial charge is 0.321 e. The molecule has 90 valence electrons. The highest BCUT2D eigenvalue weighted by molar-refractivity contribution is 7.99. The molecule has 1 heterocycles. The Bertz CT molecular complexity index is 376. The molecule has 0 aliphatic rings. The van der Waals surface area contributed by atoms with Crippen LogP contribution in [-0.4, -0.2) is 27.0 Å². The monoisotopic (exact) mass is 244 g/mol. The largest absolute Gasteiger partial charge is 0.480 e. The van der Waals surface area contributed by atoms with Crippen LogP contribution in [0.5, 0.6) is 0 Å². The van der Waals surface area contributed by atoms with Crippen LogP contribution < -0.4 is 5.73 Å². The number of hydrogen-bond donors (Lipinski definition) is 2. The third kappa shape index (κ3) is 3.24. The fraction of sp³-hybridized carbons (Fsp3) is 0.600. The van der Waals surface area contributed by atoms with Crippen LogP contribution in [0, 0.1) is 6.92 Å². The number of rotatable bonds is 5. The average Bonchev–Trinajstić information content (AvgIpc) is 2.60. The maximum Gasteiger partial charge on any atom is 0.321 e. The second kappa shape index (κ2) is 4.88. The van der Waals surface area contributed by atoms with Crippen molar-refractivity contribution in [1.82, 2.24) is 5.16 Å². The second-order valence-corrected chi connectivity index (χ2v) is 5.77. The molecule has 0 amide bonds. The van der Waals surface area contributed by atoms with Crippen molar-refractivity contribution in [2.45, 2.75) is 37.3 Å². The lowest BCUT2D eigenvalue weighted by molar-refractivity contribution is -0.139. The van der Waals surface area contributed by atoms with Gasteiger partial charge in [0.15, 0.2) is 0 Å². The number of nitrogens with zero attached hydrogens (tertiary/aromatic N) is 1. The van der Waals surface area contributed by atoms with E-state index in [1.165, 1.54) is 11.8 Å². The van der Waals surface area contributed by atoms with E-state index in [1.807, 2.05) is 13.0 Å². The Kier molecular flexibility index (Phi) is 3.98. The summed E-state index contributed by atoms with van der Waals surface area (Å²) in [5.41, 5.74) is 6.41. The summed E-state index contributed by atoms with van der Waals surface area (Å²) in [6.07, 6.45) is 0. The van der Waals surface area contributed by atoms with Gasteiger partial charge < -0.3 is 15.4 Å². The van der Waals surface area contributed by atoms with Crippen molar-refractivity contribution >= 4 is 17.7 Å². The zero-order chi connectivity index (χ0) is 12.3. The van der Waals surface area contributed by atoms with E-state index in [4.69, 9.17) is 15.4 Å². The third-order valence-electron chi connectivity index (χ3n) is 2.28. The Hall–Kier alpha value is -1.01. The van der Waals surface area contributed by atoms with Gasteiger partial charge in [0.05, 0.1) is 11.4 Å². The van der Waals surface area contributed by atoms with Gasteiger partial charge in [-0.2, -0.15) is 0 Å². The number of aryl methyl sites for hydroxylation is 1. The molecule has 0 saturated heterocycles. The van der Waals surface area contributed by atoms with Gasteiger partial charge in [-0.05, 0) is 20.8 Å². The van der Waals surface area contributed by atoms with Crippen LogP contribution in [0.1, 0.15) is 25.3 Å². The average molecular weight is 244 g/mol. The van der Waals surface area contributed by atoms with Crippen LogP contribution >= 0.6 is 11.8 Å². The first-order valence-corrected chi connectivity index (χ1v) is 5.86. The molecule has 0 unspecified atom stereocenters. The van der Waals surface area contributed by atoms with Crippen molar-refractivity contribution in [2.75, 3.05) is 0 Å². The molecule has 5 nitrogen and oxygen atoms in total. The lowest BCUT2D eigenvalue weighted by Crippen LogP contribution is -2.46. The number of aromatic nitrogens is 1. The number of thioether (sulfide) groups is 1. The molecule has 1 rings (SSSR count). The number of hydrogen-bond acceptors (Lipinski definition) is 5. The Morgan fingerprint density at radius 2 is 2.38 bits per heavy atom. The van der Waals surface area contributed by atoms with E-state index in [-0.39, 0.29) is 0 Å². The molecular weight excluding hydrogens is 228 g/mol. The molecule has 0 bridgehead atoms. The molecule has 0 fully saturated rings. The summed E-state index contributed by atoms with van der Waals surface area (Å²) in [6, 6.07) is 0.927. The zero-order valence-corrected chi connectivity index (χ0v) is 10.4. The van der Waals surface area contributed by atoms with Crippen molar-refractivity contribution in [2.24, 2.45) is 5.73 Å². The van der Waals surface area contributed by atoms with Gasteiger partial charge in [0.2, 0.25) is 0 Å². The summed E-state index contributed by atoms with van der Waals surface area (Å²) in [7, 11) is 0. The number of carbonyl (C=O) groups is 1. The van der Waals surface area contributed by atoms with Crippen LogP contribution in [0.2, 0.25) is 0 Å². The van der Waals surface area contributed by atoms with Gasteiger partial charge in [0, 0.05) is 10.8 Å². The lowest BCUT2D eigenvalue weighted by atomic mass is 10.1. The maximum absolute atomic E-state index is 10.8. The van der Waals surface area contributed by atoms with Crippen LogP contribution in [0.3, 0.4) is 0 Å². The van der Waals surface area contributed by atoms with E-state index < -0.39 is 16.8 Å².